The van der Waals surface area contributed by atoms with E-state index in [1.54, 1.807) is 20.8 Å². The molecule has 9 nitrogen and oxygen atoms in total. The molecule has 2 fully saturated rings. The van der Waals surface area contributed by atoms with Gasteiger partial charge in [0.2, 0.25) is 0 Å². The number of esters is 1. The maximum atomic E-state index is 12.2. The zero-order chi connectivity index (χ0) is 19.5. The maximum Gasteiger partial charge on any atom is 0.411 e. The van der Waals surface area contributed by atoms with Crippen LogP contribution in [0.25, 0.3) is 0 Å². The second-order valence-electron chi connectivity index (χ2n) is 7.61. The molecule has 2 saturated heterocycles. The molecule has 2 aliphatic rings. The minimum absolute atomic E-state index is 0.0463. The summed E-state index contributed by atoms with van der Waals surface area (Å²) in [5.41, 5.74) is -0.671. The Bertz CT molecular complexity index is 669. The molecule has 148 valence electrons. The van der Waals surface area contributed by atoms with Crippen molar-refractivity contribution in [1.82, 2.24) is 10.2 Å². The highest BCUT2D eigenvalue weighted by Crippen LogP contribution is 2.21. The minimum Gasteiger partial charge on any atom is -0.454 e. The quantitative estimate of drug-likeness (QED) is 0.683. The predicted molar refractivity (Wildman–Crippen MR) is 92.1 cm³/mol. The van der Waals surface area contributed by atoms with E-state index < -0.39 is 52.1 Å². The first kappa shape index (κ1) is 20.5. The molecule has 0 bridgehead atoms. The molecule has 2 amide bonds. The van der Waals surface area contributed by atoms with Gasteiger partial charge in [-0.15, -0.1) is 0 Å². The fraction of sp³-hybridized carbons (Fsp3) is 0.812. The lowest BCUT2D eigenvalue weighted by molar-refractivity contribution is -0.152. The van der Waals surface area contributed by atoms with Crippen molar-refractivity contribution in [3.63, 3.8) is 0 Å². The molecule has 2 heterocycles. The molecule has 0 spiro atoms. The van der Waals surface area contributed by atoms with Crippen molar-refractivity contribution in [2.75, 3.05) is 24.7 Å². The molecule has 0 aromatic heterocycles. The maximum absolute atomic E-state index is 12.2. The van der Waals surface area contributed by atoms with Crippen LogP contribution in [0.1, 0.15) is 40.0 Å². The Morgan fingerprint density at radius 1 is 1.19 bits per heavy atom. The topological polar surface area (TPSA) is 119 Å². The Morgan fingerprint density at radius 3 is 2.46 bits per heavy atom. The summed E-state index contributed by atoms with van der Waals surface area (Å²) in [7, 11) is -3.10. The van der Waals surface area contributed by atoms with Crippen LogP contribution in [-0.2, 0) is 28.9 Å². The van der Waals surface area contributed by atoms with E-state index in [1.807, 2.05) is 0 Å². The van der Waals surface area contributed by atoms with Crippen LogP contribution in [0.5, 0.6) is 0 Å². The minimum atomic E-state index is -3.10. The first-order valence-corrected chi connectivity index (χ1v) is 10.4. The van der Waals surface area contributed by atoms with Crippen LogP contribution in [0.4, 0.5) is 4.79 Å². The predicted octanol–water partition coefficient (Wildman–Crippen LogP) is 0.232. The summed E-state index contributed by atoms with van der Waals surface area (Å²) in [6, 6.07) is -1.22. The number of nitrogens with zero attached hydrogens (tertiary/aromatic N) is 1. The van der Waals surface area contributed by atoms with Gasteiger partial charge in [-0.25, -0.2) is 18.0 Å². The normalized spacial score (nSPS) is 25.0. The van der Waals surface area contributed by atoms with Gasteiger partial charge in [0.15, 0.2) is 16.4 Å². The lowest BCUT2D eigenvalue weighted by atomic mass is 10.2. The fourth-order valence-corrected chi connectivity index (χ4v) is 4.64. The third-order valence-corrected chi connectivity index (χ3v) is 5.86. The largest absolute Gasteiger partial charge is 0.454 e. The Morgan fingerprint density at radius 2 is 1.88 bits per heavy atom. The number of amides is 2. The van der Waals surface area contributed by atoms with E-state index in [0.717, 1.165) is 0 Å². The summed E-state index contributed by atoms with van der Waals surface area (Å²) in [4.78, 5) is 37.5. The summed E-state index contributed by atoms with van der Waals surface area (Å²) >= 11 is 0. The number of hydrogen-bond acceptors (Lipinski definition) is 7. The van der Waals surface area contributed by atoms with Crippen LogP contribution in [0, 0.1) is 0 Å². The molecule has 0 radical (unpaired) electrons. The number of rotatable bonds is 4. The van der Waals surface area contributed by atoms with Gasteiger partial charge >= 0.3 is 12.1 Å². The Labute approximate surface area is 153 Å². The van der Waals surface area contributed by atoms with E-state index >= 15 is 0 Å². The molecule has 26 heavy (non-hydrogen) atoms. The average molecular weight is 390 g/mol. The summed E-state index contributed by atoms with van der Waals surface area (Å²) < 4.78 is 33.0. The molecule has 2 atom stereocenters. The molecule has 0 aromatic rings. The zero-order valence-electron chi connectivity index (χ0n) is 15.3. The first-order chi connectivity index (χ1) is 12.0. The second kappa shape index (κ2) is 7.81. The van der Waals surface area contributed by atoms with Crippen LogP contribution in [-0.4, -0.2) is 73.6 Å². The molecule has 0 saturated carbocycles. The van der Waals surface area contributed by atoms with E-state index in [2.05, 4.69) is 5.32 Å². The van der Waals surface area contributed by atoms with E-state index in [9.17, 15) is 22.8 Å². The number of carbonyl (C=O) groups excluding carboxylic acids is 3. The molecule has 0 unspecified atom stereocenters. The smallest absolute Gasteiger partial charge is 0.411 e. The summed E-state index contributed by atoms with van der Waals surface area (Å²) in [5, 5.41) is 2.54. The number of carbonyl (C=O) groups is 3. The lowest BCUT2D eigenvalue weighted by Crippen LogP contribution is -2.45. The molecule has 10 heteroatoms. The summed E-state index contributed by atoms with van der Waals surface area (Å²) in [5.74, 6) is -1.27. The molecular weight excluding hydrogens is 364 g/mol. The first-order valence-electron chi connectivity index (χ1n) is 8.63. The molecular formula is C16H26N2O7S. The Hall–Kier alpha value is -1.84. The van der Waals surface area contributed by atoms with Gasteiger partial charge in [-0.3, -0.25) is 9.69 Å². The zero-order valence-corrected chi connectivity index (χ0v) is 16.1. The highest BCUT2D eigenvalue weighted by Gasteiger charge is 2.38. The van der Waals surface area contributed by atoms with Gasteiger partial charge < -0.3 is 14.8 Å². The number of sulfone groups is 1. The summed E-state index contributed by atoms with van der Waals surface area (Å²) in [6.45, 7) is 5.10. The van der Waals surface area contributed by atoms with Crippen LogP contribution in [0.3, 0.4) is 0 Å². The van der Waals surface area contributed by atoms with Crippen molar-refractivity contribution in [2.24, 2.45) is 0 Å². The van der Waals surface area contributed by atoms with Gasteiger partial charge in [-0.1, -0.05) is 0 Å². The van der Waals surface area contributed by atoms with Gasteiger partial charge in [-0.2, -0.15) is 0 Å². The fourth-order valence-electron chi connectivity index (χ4n) is 2.96. The third-order valence-electron chi connectivity index (χ3n) is 4.10. The van der Waals surface area contributed by atoms with Crippen LogP contribution < -0.4 is 5.32 Å². The van der Waals surface area contributed by atoms with Crippen LogP contribution in [0.2, 0.25) is 0 Å². The number of likely N-dealkylation sites (tertiary alicyclic amines) is 1. The van der Waals surface area contributed by atoms with E-state index in [4.69, 9.17) is 9.47 Å². The molecule has 0 aromatic carbocycles. The SMILES string of the molecule is CC(C)(C)OC(=O)N1CCC[C@H]1C(=O)OCC(=O)N[C@@H]1CCS(=O)(=O)C1. The van der Waals surface area contributed by atoms with E-state index in [-0.39, 0.29) is 11.5 Å². The van der Waals surface area contributed by atoms with Crippen molar-refractivity contribution in [3.05, 3.63) is 0 Å². The van der Waals surface area contributed by atoms with E-state index in [0.29, 0.717) is 25.8 Å². The summed E-state index contributed by atoms with van der Waals surface area (Å²) in [6.07, 6.45) is 0.862. The average Bonchev–Trinajstić information content (AvgIpc) is 3.09. The van der Waals surface area contributed by atoms with Crippen molar-refractivity contribution in [1.29, 1.82) is 0 Å². The monoisotopic (exact) mass is 390 g/mol. The van der Waals surface area contributed by atoms with Gasteiger partial charge in [0, 0.05) is 12.6 Å². The van der Waals surface area contributed by atoms with Crippen molar-refractivity contribution in [2.45, 2.75) is 57.7 Å². The highest BCUT2D eigenvalue weighted by molar-refractivity contribution is 7.91. The number of hydrogen-bond donors (Lipinski definition) is 1. The lowest BCUT2D eigenvalue weighted by Gasteiger charge is -2.27. The van der Waals surface area contributed by atoms with Crippen LogP contribution >= 0.6 is 0 Å². The van der Waals surface area contributed by atoms with E-state index in [1.165, 1.54) is 4.90 Å². The van der Waals surface area contributed by atoms with Crippen molar-refractivity contribution in [3.8, 4) is 0 Å². The van der Waals surface area contributed by atoms with Gasteiger partial charge in [0.25, 0.3) is 5.91 Å². The number of ether oxygens (including phenoxy) is 2. The highest BCUT2D eigenvalue weighted by atomic mass is 32.2. The van der Waals surface area contributed by atoms with Gasteiger partial charge in [0.1, 0.15) is 11.6 Å². The third kappa shape index (κ3) is 5.86. The molecule has 0 aliphatic carbocycles. The van der Waals surface area contributed by atoms with Gasteiger partial charge in [-0.05, 0) is 40.0 Å². The standard InChI is InChI=1S/C16H26N2O7S/c1-16(2,3)25-15(21)18-7-4-5-12(18)14(20)24-9-13(19)17-11-6-8-26(22,23)10-11/h11-12H,4-10H2,1-3H3,(H,17,19)/t11-,12+/m1/s1. The molecule has 2 aliphatic heterocycles. The van der Waals surface area contributed by atoms with Gasteiger partial charge in [0.05, 0.1) is 11.5 Å². The Balaban J connectivity index is 1.81. The van der Waals surface area contributed by atoms with Crippen LogP contribution in [0.15, 0.2) is 0 Å². The Kier molecular flexibility index (Phi) is 6.15. The van der Waals surface area contributed by atoms with Crippen molar-refractivity contribution >= 4 is 27.8 Å². The van der Waals surface area contributed by atoms with Crippen molar-refractivity contribution < 1.29 is 32.3 Å². The number of nitrogens with one attached hydrogen (secondary N) is 1. The second-order valence-corrected chi connectivity index (χ2v) is 9.84. The molecule has 2 rings (SSSR count). The molecule has 1 N–H and O–H groups in total.